The molecule has 18 heavy (non-hydrogen) atoms. The highest BCUT2D eigenvalue weighted by atomic mass is 16.5. The lowest BCUT2D eigenvalue weighted by Gasteiger charge is -2.35. The number of hydrogen-bond donors (Lipinski definition) is 0. The van der Waals surface area contributed by atoms with Crippen molar-refractivity contribution in [1.29, 1.82) is 0 Å². The minimum atomic E-state index is 0.295. The number of amides is 1. The van der Waals surface area contributed by atoms with Crippen molar-refractivity contribution in [2.75, 3.05) is 26.3 Å². The topological polar surface area (TPSA) is 29.5 Å². The van der Waals surface area contributed by atoms with Gasteiger partial charge in [-0.15, -0.1) is 0 Å². The molecule has 0 aromatic carbocycles. The SMILES string of the molecule is CCC(C)C1CCC(C(=O)N2CCOCC2)CC1. The number of carbonyl (C=O) groups excluding carboxylic acids is 1. The lowest BCUT2D eigenvalue weighted by Crippen LogP contribution is -2.44. The third kappa shape index (κ3) is 3.25. The summed E-state index contributed by atoms with van der Waals surface area (Å²) in [5, 5.41) is 0. The van der Waals surface area contributed by atoms with E-state index in [1.807, 2.05) is 4.90 Å². The summed E-state index contributed by atoms with van der Waals surface area (Å²) in [6.45, 7) is 7.65. The van der Waals surface area contributed by atoms with Gasteiger partial charge in [0, 0.05) is 19.0 Å². The number of hydrogen-bond acceptors (Lipinski definition) is 2. The largest absolute Gasteiger partial charge is 0.378 e. The molecular formula is C15H27NO2. The van der Waals surface area contributed by atoms with Gasteiger partial charge in [-0.2, -0.15) is 0 Å². The van der Waals surface area contributed by atoms with Gasteiger partial charge in [0.15, 0.2) is 0 Å². The molecule has 0 N–H and O–H groups in total. The van der Waals surface area contributed by atoms with Crippen LogP contribution in [0.2, 0.25) is 0 Å². The van der Waals surface area contributed by atoms with Gasteiger partial charge in [0.1, 0.15) is 0 Å². The molecular weight excluding hydrogens is 226 g/mol. The molecule has 1 heterocycles. The van der Waals surface area contributed by atoms with Crippen molar-refractivity contribution >= 4 is 5.91 Å². The van der Waals surface area contributed by atoms with Crippen LogP contribution in [0.1, 0.15) is 46.0 Å². The highest BCUT2D eigenvalue weighted by Gasteiger charge is 2.31. The van der Waals surface area contributed by atoms with Crippen LogP contribution < -0.4 is 0 Å². The highest BCUT2D eigenvalue weighted by molar-refractivity contribution is 5.79. The Kier molecular flexibility index (Phi) is 5.04. The van der Waals surface area contributed by atoms with Crippen LogP contribution in [-0.2, 0) is 9.53 Å². The molecule has 0 aromatic rings. The van der Waals surface area contributed by atoms with E-state index >= 15 is 0 Å². The summed E-state index contributed by atoms with van der Waals surface area (Å²) in [6, 6.07) is 0. The summed E-state index contributed by atoms with van der Waals surface area (Å²) in [6.07, 6.45) is 5.97. The van der Waals surface area contributed by atoms with Gasteiger partial charge in [-0.05, 0) is 37.5 Å². The van der Waals surface area contributed by atoms with Crippen molar-refractivity contribution < 1.29 is 9.53 Å². The third-order valence-electron chi connectivity index (χ3n) is 4.89. The molecule has 0 aromatic heterocycles. The van der Waals surface area contributed by atoms with Crippen LogP contribution in [0.25, 0.3) is 0 Å². The van der Waals surface area contributed by atoms with Gasteiger partial charge in [-0.1, -0.05) is 20.3 Å². The summed E-state index contributed by atoms with van der Waals surface area (Å²) in [5.41, 5.74) is 0. The Morgan fingerprint density at radius 2 is 1.83 bits per heavy atom. The van der Waals surface area contributed by atoms with Crippen molar-refractivity contribution in [3.8, 4) is 0 Å². The van der Waals surface area contributed by atoms with Gasteiger partial charge in [-0.3, -0.25) is 4.79 Å². The van der Waals surface area contributed by atoms with E-state index in [0.717, 1.165) is 37.8 Å². The molecule has 2 rings (SSSR count). The summed E-state index contributed by atoms with van der Waals surface area (Å²) in [7, 11) is 0. The van der Waals surface area contributed by atoms with E-state index < -0.39 is 0 Å². The number of rotatable bonds is 3. The molecule has 1 unspecified atom stereocenters. The number of morpholine rings is 1. The summed E-state index contributed by atoms with van der Waals surface area (Å²) < 4.78 is 5.31. The molecule has 1 aliphatic heterocycles. The number of carbonyl (C=O) groups is 1. The summed E-state index contributed by atoms with van der Waals surface area (Å²) >= 11 is 0. The van der Waals surface area contributed by atoms with Gasteiger partial charge in [-0.25, -0.2) is 0 Å². The quantitative estimate of drug-likeness (QED) is 0.774. The van der Waals surface area contributed by atoms with Crippen LogP contribution in [0, 0.1) is 17.8 Å². The fraction of sp³-hybridized carbons (Fsp3) is 0.933. The van der Waals surface area contributed by atoms with E-state index in [0.29, 0.717) is 25.0 Å². The molecule has 1 atom stereocenters. The van der Waals surface area contributed by atoms with Crippen LogP contribution in [-0.4, -0.2) is 37.1 Å². The zero-order valence-corrected chi connectivity index (χ0v) is 11.9. The maximum absolute atomic E-state index is 12.4. The normalized spacial score (nSPS) is 31.1. The highest BCUT2D eigenvalue weighted by Crippen LogP contribution is 2.35. The fourth-order valence-electron chi connectivity index (χ4n) is 3.31. The van der Waals surface area contributed by atoms with Gasteiger partial charge in [0.25, 0.3) is 0 Å². The third-order valence-corrected chi connectivity index (χ3v) is 4.89. The van der Waals surface area contributed by atoms with E-state index in [9.17, 15) is 4.79 Å². The second-order valence-electron chi connectivity index (χ2n) is 5.93. The minimum absolute atomic E-state index is 0.295. The maximum atomic E-state index is 12.4. The molecule has 104 valence electrons. The predicted octanol–water partition coefficient (Wildman–Crippen LogP) is 2.70. The average molecular weight is 253 g/mol. The van der Waals surface area contributed by atoms with Crippen LogP contribution in [0.3, 0.4) is 0 Å². The molecule has 2 fully saturated rings. The Balaban J connectivity index is 1.79. The smallest absolute Gasteiger partial charge is 0.225 e. The van der Waals surface area contributed by atoms with Crippen molar-refractivity contribution in [1.82, 2.24) is 4.90 Å². The first kappa shape index (κ1) is 13.9. The fourth-order valence-corrected chi connectivity index (χ4v) is 3.31. The Morgan fingerprint density at radius 3 is 2.39 bits per heavy atom. The van der Waals surface area contributed by atoms with Crippen molar-refractivity contribution in [2.45, 2.75) is 46.0 Å². The van der Waals surface area contributed by atoms with Crippen molar-refractivity contribution in [3.63, 3.8) is 0 Å². The molecule has 0 radical (unpaired) electrons. The van der Waals surface area contributed by atoms with E-state index in [1.165, 1.54) is 19.3 Å². The molecule has 1 saturated heterocycles. The average Bonchev–Trinajstić information content (AvgIpc) is 2.47. The zero-order valence-electron chi connectivity index (χ0n) is 11.9. The van der Waals surface area contributed by atoms with E-state index in [1.54, 1.807) is 0 Å². The predicted molar refractivity (Wildman–Crippen MR) is 72.3 cm³/mol. The summed E-state index contributed by atoms with van der Waals surface area (Å²) in [5.74, 6) is 2.36. The van der Waals surface area contributed by atoms with E-state index in [4.69, 9.17) is 4.74 Å². The van der Waals surface area contributed by atoms with Gasteiger partial charge < -0.3 is 9.64 Å². The van der Waals surface area contributed by atoms with Gasteiger partial charge in [0.05, 0.1) is 13.2 Å². The standard InChI is InChI=1S/C15H27NO2/c1-3-12(2)13-4-6-14(7-5-13)15(17)16-8-10-18-11-9-16/h12-14H,3-11H2,1-2H3. The van der Waals surface area contributed by atoms with E-state index in [-0.39, 0.29) is 0 Å². The molecule has 1 aliphatic carbocycles. The first-order valence-electron chi connectivity index (χ1n) is 7.59. The van der Waals surface area contributed by atoms with Crippen LogP contribution in [0.15, 0.2) is 0 Å². The Labute approximate surface area is 111 Å². The molecule has 0 spiro atoms. The van der Waals surface area contributed by atoms with Crippen LogP contribution in [0.4, 0.5) is 0 Å². The molecule has 3 heteroatoms. The van der Waals surface area contributed by atoms with Gasteiger partial charge >= 0.3 is 0 Å². The minimum Gasteiger partial charge on any atom is -0.378 e. The first-order valence-corrected chi connectivity index (χ1v) is 7.59. The van der Waals surface area contributed by atoms with Crippen molar-refractivity contribution in [3.05, 3.63) is 0 Å². The Hall–Kier alpha value is -0.570. The number of nitrogens with zero attached hydrogens (tertiary/aromatic N) is 1. The molecule has 1 amide bonds. The molecule has 3 nitrogen and oxygen atoms in total. The molecule has 1 saturated carbocycles. The van der Waals surface area contributed by atoms with Gasteiger partial charge in [0.2, 0.25) is 5.91 Å². The molecule has 0 bridgehead atoms. The van der Waals surface area contributed by atoms with Crippen molar-refractivity contribution in [2.24, 2.45) is 17.8 Å². The Bertz CT molecular complexity index is 266. The van der Waals surface area contributed by atoms with Crippen LogP contribution in [0.5, 0.6) is 0 Å². The first-order chi connectivity index (χ1) is 8.72. The van der Waals surface area contributed by atoms with Crippen LogP contribution >= 0.6 is 0 Å². The lowest BCUT2D eigenvalue weighted by molar-refractivity contribution is -0.141. The Morgan fingerprint density at radius 1 is 1.22 bits per heavy atom. The van der Waals surface area contributed by atoms with E-state index in [2.05, 4.69) is 13.8 Å². The lowest BCUT2D eigenvalue weighted by atomic mass is 9.75. The second kappa shape index (κ2) is 6.55. The monoisotopic (exact) mass is 253 g/mol. The maximum Gasteiger partial charge on any atom is 0.225 e. The second-order valence-corrected chi connectivity index (χ2v) is 5.93. The summed E-state index contributed by atoms with van der Waals surface area (Å²) in [4.78, 5) is 14.4. The number of ether oxygens (including phenoxy) is 1. The zero-order chi connectivity index (χ0) is 13.0. The molecule has 2 aliphatic rings.